The van der Waals surface area contributed by atoms with Gasteiger partial charge in [-0.1, -0.05) is 6.07 Å². The van der Waals surface area contributed by atoms with Gasteiger partial charge in [0.05, 0.1) is 0 Å². The minimum Gasteiger partial charge on any atom is -0.318 e. The Labute approximate surface area is 86.2 Å². The topological polar surface area (TPSA) is 28.2 Å². The van der Waals surface area contributed by atoms with Crippen molar-refractivity contribution in [3.8, 4) is 0 Å². The highest BCUT2D eigenvalue weighted by atomic mass is 15.1. The highest BCUT2D eigenvalue weighted by Crippen LogP contribution is 1.95. The summed E-state index contributed by atoms with van der Waals surface area (Å²) in [5.74, 6) is 0. The quantitative estimate of drug-likeness (QED) is 0.723. The van der Waals surface area contributed by atoms with E-state index in [1.807, 2.05) is 25.4 Å². The zero-order valence-corrected chi connectivity index (χ0v) is 9.03. The normalized spacial score (nSPS) is 10.8. The van der Waals surface area contributed by atoms with Gasteiger partial charge in [-0.05, 0) is 26.2 Å². The summed E-state index contributed by atoms with van der Waals surface area (Å²) >= 11 is 0. The van der Waals surface area contributed by atoms with Gasteiger partial charge in [-0.3, -0.25) is 4.98 Å². The van der Waals surface area contributed by atoms with Crippen LogP contribution in [0.25, 0.3) is 0 Å². The van der Waals surface area contributed by atoms with Gasteiger partial charge in [-0.15, -0.1) is 0 Å². The number of hydrogen-bond acceptors (Lipinski definition) is 3. The summed E-state index contributed by atoms with van der Waals surface area (Å²) in [7, 11) is 4.12. The van der Waals surface area contributed by atoms with Gasteiger partial charge in [0.2, 0.25) is 0 Å². The van der Waals surface area contributed by atoms with Crippen molar-refractivity contribution >= 4 is 0 Å². The maximum Gasteiger partial charge on any atom is 0.0416 e. The molecule has 0 aliphatic carbocycles. The molecule has 1 N–H and O–H groups in total. The Morgan fingerprint density at radius 3 is 2.86 bits per heavy atom. The summed E-state index contributed by atoms with van der Waals surface area (Å²) in [6, 6.07) is 6.07. The number of nitrogens with one attached hydrogen (secondary N) is 1. The van der Waals surface area contributed by atoms with E-state index in [1.165, 1.54) is 5.69 Å². The van der Waals surface area contributed by atoms with E-state index in [0.29, 0.717) is 0 Å². The van der Waals surface area contributed by atoms with Gasteiger partial charge in [-0.2, -0.15) is 0 Å². The number of nitrogens with zero attached hydrogens (tertiary/aromatic N) is 2. The average molecular weight is 193 g/mol. The summed E-state index contributed by atoms with van der Waals surface area (Å²) in [5, 5.41) is 3.14. The van der Waals surface area contributed by atoms with Gasteiger partial charge >= 0.3 is 0 Å². The van der Waals surface area contributed by atoms with E-state index < -0.39 is 0 Å². The van der Waals surface area contributed by atoms with Crippen LogP contribution in [0, 0.1) is 0 Å². The van der Waals surface area contributed by atoms with Crippen LogP contribution in [0.15, 0.2) is 24.4 Å². The molecule has 0 radical (unpaired) electrons. The fraction of sp³-hybridized carbons (Fsp3) is 0.545. The lowest BCUT2D eigenvalue weighted by Gasteiger charge is -2.15. The molecule has 0 bridgehead atoms. The minimum absolute atomic E-state index is 1.03. The van der Waals surface area contributed by atoms with Gasteiger partial charge in [0.1, 0.15) is 0 Å². The average Bonchev–Trinajstić information content (AvgIpc) is 2.25. The molecule has 0 aliphatic rings. The molecule has 0 aromatic carbocycles. The highest BCUT2D eigenvalue weighted by molar-refractivity contribution is 5.03. The molecule has 3 heteroatoms. The SMILES string of the molecule is CNCCN(C)CCc1ccccn1. The second kappa shape index (κ2) is 6.51. The number of hydrogen-bond donors (Lipinski definition) is 1. The van der Waals surface area contributed by atoms with Crippen LogP contribution in [0.1, 0.15) is 5.69 Å². The molecule has 0 unspecified atom stereocenters. The lowest BCUT2D eigenvalue weighted by atomic mass is 10.2. The van der Waals surface area contributed by atoms with E-state index in [2.05, 4.69) is 28.3 Å². The van der Waals surface area contributed by atoms with Crippen molar-refractivity contribution < 1.29 is 0 Å². The number of pyridine rings is 1. The summed E-state index contributed by atoms with van der Waals surface area (Å²) in [4.78, 5) is 6.60. The van der Waals surface area contributed by atoms with E-state index in [9.17, 15) is 0 Å². The molecule has 0 saturated carbocycles. The summed E-state index contributed by atoms with van der Waals surface area (Å²) in [5.41, 5.74) is 1.17. The zero-order chi connectivity index (χ0) is 10.2. The molecular weight excluding hydrogens is 174 g/mol. The summed E-state index contributed by atoms with van der Waals surface area (Å²) < 4.78 is 0. The van der Waals surface area contributed by atoms with Crippen molar-refractivity contribution in [2.24, 2.45) is 0 Å². The smallest absolute Gasteiger partial charge is 0.0416 e. The molecule has 0 aliphatic heterocycles. The number of aromatic nitrogens is 1. The first-order valence-electron chi connectivity index (χ1n) is 5.06. The van der Waals surface area contributed by atoms with Gasteiger partial charge in [0.15, 0.2) is 0 Å². The predicted molar refractivity (Wildman–Crippen MR) is 59.4 cm³/mol. The third-order valence-electron chi connectivity index (χ3n) is 2.22. The van der Waals surface area contributed by atoms with Crippen LogP contribution in [-0.2, 0) is 6.42 Å². The Morgan fingerprint density at radius 2 is 2.21 bits per heavy atom. The second-order valence-electron chi connectivity index (χ2n) is 3.48. The predicted octanol–water partition coefficient (Wildman–Crippen LogP) is 0.775. The van der Waals surface area contributed by atoms with Crippen LogP contribution >= 0.6 is 0 Å². The van der Waals surface area contributed by atoms with Crippen molar-refractivity contribution in [3.63, 3.8) is 0 Å². The summed E-state index contributed by atoms with van der Waals surface area (Å²) in [6.07, 6.45) is 2.88. The van der Waals surface area contributed by atoms with Gasteiger partial charge < -0.3 is 10.2 Å². The van der Waals surface area contributed by atoms with Crippen LogP contribution in [0.5, 0.6) is 0 Å². The van der Waals surface area contributed by atoms with Crippen molar-refractivity contribution in [1.29, 1.82) is 0 Å². The van der Waals surface area contributed by atoms with Crippen molar-refractivity contribution in [3.05, 3.63) is 30.1 Å². The number of likely N-dealkylation sites (N-methyl/N-ethyl adjacent to an activating group) is 2. The van der Waals surface area contributed by atoms with Crippen molar-refractivity contribution in [2.75, 3.05) is 33.7 Å². The number of rotatable bonds is 6. The lowest BCUT2D eigenvalue weighted by molar-refractivity contribution is 0.338. The monoisotopic (exact) mass is 193 g/mol. The molecule has 1 heterocycles. The Hall–Kier alpha value is -0.930. The molecule has 1 aromatic rings. The van der Waals surface area contributed by atoms with Gasteiger partial charge in [-0.25, -0.2) is 0 Å². The van der Waals surface area contributed by atoms with Crippen molar-refractivity contribution in [1.82, 2.24) is 15.2 Å². The van der Waals surface area contributed by atoms with Crippen LogP contribution in [-0.4, -0.2) is 43.6 Å². The van der Waals surface area contributed by atoms with E-state index in [1.54, 1.807) is 0 Å². The molecule has 0 atom stereocenters. The molecule has 78 valence electrons. The molecule has 0 spiro atoms. The standard InChI is InChI=1S/C11H19N3/c1-12-8-10-14(2)9-6-11-5-3-4-7-13-11/h3-5,7,12H,6,8-10H2,1-2H3. The first kappa shape index (κ1) is 11.1. The fourth-order valence-corrected chi connectivity index (χ4v) is 1.27. The Bertz CT molecular complexity index is 236. The third-order valence-corrected chi connectivity index (χ3v) is 2.22. The fourth-order valence-electron chi connectivity index (χ4n) is 1.27. The summed E-state index contributed by atoms with van der Waals surface area (Å²) in [6.45, 7) is 3.20. The van der Waals surface area contributed by atoms with Gasteiger partial charge in [0.25, 0.3) is 0 Å². The first-order chi connectivity index (χ1) is 6.83. The van der Waals surface area contributed by atoms with E-state index in [-0.39, 0.29) is 0 Å². The third kappa shape index (κ3) is 4.35. The van der Waals surface area contributed by atoms with Crippen molar-refractivity contribution in [2.45, 2.75) is 6.42 Å². The zero-order valence-electron chi connectivity index (χ0n) is 9.03. The Balaban J connectivity index is 2.20. The van der Waals surface area contributed by atoms with Crippen LogP contribution in [0.2, 0.25) is 0 Å². The van der Waals surface area contributed by atoms with Crippen LogP contribution in [0.3, 0.4) is 0 Å². The molecule has 0 amide bonds. The largest absolute Gasteiger partial charge is 0.318 e. The minimum atomic E-state index is 1.03. The molecule has 0 saturated heterocycles. The molecular formula is C11H19N3. The van der Waals surface area contributed by atoms with E-state index in [0.717, 1.165) is 26.1 Å². The molecule has 3 nitrogen and oxygen atoms in total. The lowest BCUT2D eigenvalue weighted by Crippen LogP contribution is -2.29. The Kier molecular flexibility index (Phi) is 5.19. The van der Waals surface area contributed by atoms with E-state index in [4.69, 9.17) is 0 Å². The maximum absolute atomic E-state index is 4.29. The molecule has 0 fully saturated rings. The van der Waals surface area contributed by atoms with Gasteiger partial charge in [0, 0.05) is 37.9 Å². The molecule has 1 aromatic heterocycles. The first-order valence-corrected chi connectivity index (χ1v) is 5.06. The van der Waals surface area contributed by atoms with Crippen LogP contribution in [0.4, 0.5) is 0 Å². The Morgan fingerprint density at radius 1 is 1.36 bits per heavy atom. The van der Waals surface area contributed by atoms with Crippen LogP contribution < -0.4 is 5.32 Å². The molecule has 14 heavy (non-hydrogen) atoms. The maximum atomic E-state index is 4.29. The molecule has 1 rings (SSSR count). The second-order valence-corrected chi connectivity index (χ2v) is 3.48. The van der Waals surface area contributed by atoms with E-state index >= 15 is 0 Å². The highest BCUT2D eigenvalue weighted by Gasteiger charge is 1.98.